The lowest BCUT2D eigenvalue weighted by molar-refractivity contribution is 0.103. The Balaban J connectivity index is 3.88. The molecule has 110 valence electrons. The minimum Gasteiger partial charge on any atom is -0.390 e. The molecule has 0 saturated heterocycles. The van der Waals surface area contributed by atoms with Crippen LogP contribution in [0.15, 0.2) is 0 Å². The van der Waals surface area contributed by atoms with Gasteiger partial charge in [0.1, 0.15) is 0 Å². The lowest BCUT2D eigenvalue weighted by Gasteiger charge is -2.27. The van der Waals surface area contributed by atoms with E-state index in [0.717, 1.165) is 32.1 Å². The van der Waals surface area contributed by atoms with Gasteiger partial charge in [0.05, 0.1) is 6.10 Å². The van der Waals surface area contributed by atoms with Crippen LogP contribution >= 0.6 is 0 Å². The predicted octanol–water partition coefficient (Wildman–Crippen LogP) is 2.35. The summed E-state index contributed by atoms with van der Waals surface area (Å²) in [5, 5.41) is 13.3. The van der Waals surface area contributed by atoms with Crippen molar-refractivity contribution in [1.29, 1.82) is 0 Å². The summed E-state index contributed by atoms with van der Waals surface area (Å²) in [7, 11) is 0. The summed E-state index contributed by atoms with van der Waals surface area (Å²) in [5.74, 6) is 1.41. The number of aliphatic hydroxyl groups is 1. The fourth-order valence-corrected chi connectivity index (χ4v) is 2.15. The maximum atomic E-state index is 10.0. The molecule has 0 saturated carbocycles. The zero-order valence-electron chi connectivity index (χ0n) is 13.1. The van der Waals surface area contributed by atoms with Crippen molar-refractivity contribution in [3.63, 3.8) is 0 Å². The molecule has 0 rings (SSSR count). The van der Waals surface area contributed by atoms with E-state index < -0.39 is 0 Å². The Kier molecular flexibility index (Phi) is 10.7. The normalized spacial score (nSPS) is 13.8. The molecule has 1 atom stereocenters. The lowest BCUT2D eigenvalue weighted by Crippen LogP contribution is -2.40. The van der Waals surface area contributed by atoms with Crippen molar-refractivity contribution < 1.29 is 5.11 Å². The summed E-state index contributed by atoms with van der Waals surface area (Å²) < 4.78 is 0. The quantitative estimate of drug-likeness (QED) is 0.597. The molecule has 0 amide bonds. The van der Waals surface area contributed by atoms with E-state index in [9.17, 15) is 5.11 Å². The predicted molar refractivity (Wildman–Crippen MR) is 79.9 cm³/mol. The van der Waals surface area contributed by atoms with Gasteiger partial charge in [-0.05, 0) is 24.9 Å². The molecule has 3 heteroatoms. The van der Waals surface area contributed by atoms with Gasteiger partial charge in [-0.1, -0.05) is 47.5 Å². The second-order valence-electron chi connectivity index (χ2n) is 5.74. The molecule has 0 radical (unpaired) electrons. The number of aliphatic hydroxyl groups excluding tert-OH is 1. The standard InChI is InChI=1S/C15H34N2O/c1-6-14(7-2)11-17(8-3)12-15(18)10-16-9-13(4)5/h13-16,18H,6-12H2,1-5H3. The van der Waals surface area contributed by atoms with Crippen molar-refractivity contribution in [3.05, 3.63) is 0 Å². The Morgan fingerprint density at radius 3 is 2.06 bits per heavy atom. The van der Waals surface area contributed by atoms with E-state index in [4.69, 9.17) is 0 Å². The molecule has 0 aromatic rings. The molecular weight excluding hydrogens is 224 g/mol. The van der Waals surface area contributed by atoms with Crippen molar-refractivity contribution in [2.45, 2.75) is 53.6 Å². The van der Waals surface area contributed by atoms with E-state index in [1.807, 2.05) is 0 Å². The molecular formula is C15H34N2O. The van der Waals surface area contributed by atoms with Gasteiger partial charge in [0, 0.05) is 19.6 Å². The Labute approximate surface area is 114 Å². The minimum absolute atomic E-state index is 0.252. The summed E-state index contributed by atoms with van der Waals surface area (Å²) >= 11 is 0. The van der Waals surface area contributed by atoms with Gasteiger partial charge in [0.15, 0.2) is 0 Å². The second-order valence-corrected chi connectivity index (χ2v) is 5.74. The van der Waals surface area contributed by atoms with Gasteiger partial charge >= 0.3 is 0 Å². The first-order valence-corrected chi connectivity index (χ1v) is 7.64. The Bertz CT molecular complexity index is 181. The van der Waals surface area contributed by atoms with Gasteiger partial charge in [-0.25, -0.2) is 0 Å². The third-order valence-electron chi connectivity index (χ3n) is 3.52. The van der Waals surface area contributed by atoms with E-state index >= 15 is 0 Å². The van der Waals surface area contributed by atoms with Crippen molar-refractivity contribution in [2.75, 3.05) is 32.7 Å². The van der Waals surface area contributed by atoms with Crippen LogP contribution in [0, 0.1) is 11.8 Å². The maximum absolute atomic E-state index is 10.0. The zero-order chi connectivity index (χ0) is 14.0. The first-order chi connectivity index (χ1) is 8.53. The molecule has 0 fully saturated rings. The Hall–Kier alpha value is -0.120. The second kappa shape index (κ2) is 10.8. The molecule has 0 aliphatic rings. The van der Waals surface area contributed by atoms with Crippen LogP contribution in [0.5, 0.6) is 0 Å². The summed E-state index contributed by atoms with van der Waals surface area (Å²) in [5.41, 5.74) is 0. The van der Waals surface area contributed by atoms with Gasteiger partial charge < -0.3 is 15.3 Å². The number of hydrogen-bond donors (Lipinski definition) is 2. The van der Waals surface area contributed by atoms with Gasteiger partial charge in [0.2, 0.25) is 0 Å². The summed E-state index contributed by atoms with van der Waals surface area (Å²) in [6.45, 7) is 15.7. The lowest BCUT2D eigenvalue weighted by atomic mass is 10.0. The molecule has 0 aliphatic carbocycles. The topological polar surface area (TPSA) is 35.5 Å². The zero-order valence-corrected chi connectivity index (χ0v) is 13.1. The van der Waals surface area contributed by atoms with Gasteiger partial charge in [-0.15, -0.1) is 0 Å². The van der Waals surface area contributed by atoms with Crippen LogP contribution in [-0.4, -0.2) is 48.8 Å². The van der Waals surface area contributed by atoms with Gasteiger partial charge in [0.25, 0.3) is 0 Å². The number of rotatable bonds is 11. The fraction of sp³-hybridized carbons (Fsp3) is 1.00. The smallest absolute Gasteiger partial charge is 0.0791 e. The monoisotopic (exact) mass is 258 g/mol. The van der Waals surface area contributed by atoms with Crippen molar-refractivity contribution in [1.82, 2.24) is 10.2 Å². The van der Waals surface area contributed by atoms with Crippen LogP contribution in [0.3, 0.4) is 0 Å². The van der Waals surface area contributed by atoms with E-state index in [0.29, 0.717) is 12.5 Å². The third-order valence-corrected chi connectivity index (χ3v) is 3.52. The highest BCUT2D eigenvalue weighted by Crippen LogP contribution is 2.10. The fourth-order valence-electron chi connectivity index (χ4n) is 2.15. The highest BCUT2D eigenvalue weighted by atomic mass is 16.3. The van der Waals surface area contributed by atoms with Crippen LogP contribution in [0.25, 0.3) is 0 Å². The summed E-state index contributed by atoms with van der Waals surface area (Å²) in [6.07, 6.45) is 2.21. The molecule has 18 heavy (non-hydrogen) atoms. The van der Waals surface area contributed by atoms with Gasteiger partial charge in [-0.3, -0.25) is 0 Å². The maximum Gasteiger partial charge on any atom is 0.0791 e. The SMILES string of the molecule is CCC(CC)CN(CC)CC(O)CNCC(C)C. The number of nitrogens with zero attached hydrogens (tertiary/aromatic N) is 1. The van der Waals surface area contributed by atoms with Crippen LogP contribution in [0.4, 0.5) is 0 Å². The highest BCUT2D eigenvalue weighted by molar-refractivity contribution is 4.69. The Morgan fingerprint density at radius 1 is 1.00 bits per heavy atom. The largest absolute Gasteiger partial charge is 0.390 e. The number of likely N-dealkylation sites (N-methyl/N-ethyl adjacent to an activating group) is 1. The van der Waals surface area contributed by atoms with E-state index in [-0.39, 0.29) is 6.10 Å². The van der Waals surface area contributed by atoms with E-state index in [1.54, 1.807) is 0 Å². The van der Waals surface area contributed by atoms with Crippen molar-refractivity contribution >= 4 is 0 Å². The summed E-state index contributed by atoms with van der Waals surface area (Å²) in [6, 6.07) is 0. The van der Waals surface area contributed by atoms with E-state index in [1.165, 1.54) is 12.8 Å². The summed E-state index contributed by atoms with van der Waals surface area (Å²) in [4.78, 5) is 2.37. The van der Waals surface area contributed by atoms with Crippen LogP contribution in [0.1, 0.15) is 47.5 Å². The average Bonchev–Trinajstić information content (AvgIpc) is 2.33. The first kappa shape index (κ1) is 17.9. The number of hydrogen-bond acceptors (Lipinski definition) is 3. The van der Waals surface area contributed by atoms with Crippen molar-refractivity contribution in [3.8, 4) is 0 Å². The minimum atomic E-state index is -0.252. The number of nitrogens with one attached hydrogen (secondary N) is 1. The average molecular weight is 258 g/mol. The van der Waals surface area contributed by atoms with Gasteiger partial charge in [-0.2, -0.15) is 0 Å². The van der Waals surface area contributed by atoms with Crippen LogP contribution in [0.2, 0.25) is 0 Å². The first-order valence-electron chi connectivity index (χ1n) is 7.64. The van der Waals surface area contributed by atoms with Crippen LogP contribution in [-0.2, 0) is 0 Å². The van der Waals surface area contributed by atoms with Crippen LogP contribution < -0.4 is 5.32 Å². The highest BCUT2D eigenvalue weighted by Gasteiger charge is 2.13. The molecule has 0 spiro atoms. The molecule has 3 nitrogen and oxygen atoms in total. The van der Waals surface area contributed by atoms with Crippen molar-refractivity contribution in [2.24, 2.45) is 11.8 Å². The molecule has 0 bridgehead atoms. The molecule has 0 aliphatic heterocycles. The third kappa shape index (κ3) is 8.90. The van der Waals surface area contributed by atoms with E-state index in [2.05, 4.69) is 44.8 Å². The Morgan fingerprint density at radius 2 is 1.61 bits per heavy atom. The molecule has 2 N–H and O–H groups in total. The molecule has 0 heterocycles. The molecule has 0 aromatic carbocycles. The molecule has 0 aromatic heterocycles. The molecule has 1 unspecified atom stereocenters.